The highest BCUT2D eigenvalue weighted by Crippen LogP contribution is 2.18. The number of ether oxygens (including phenoxy) is 1. The largest absolute Gasteiger partial charge is 0.469 e. The van der Waals surface area contributed by atoms with Crippen molar-refractivity contribution < 1.29 is 9.53 Å². The zero-order valence-electron chi connectivity index (χ0n) is 17.3. The number of hydrogen-bond donors (Lipinski definition) is 1. The zero-order chi connectivity index (χ0) is 21.5. The molecule has 0 aliphatic carbocycles. The SMILES string of the molecule is COC(=O)Cc1[nH]n(-c2ccccc2)c(=O)c1C(C)=NCCSc1ccc(C)cc1. The smallest absolute Gasteiger partial charge is 0.311 e. The number of carbonyl (C=O) groups excluding carboxylic acids is 1. The number of H-pyrrole nitrogens is 1. The van der Waals surface area contributed by atoms with E-state index in [0.29, 0.717) is 29.2 Å². The van der Waals surface area contributed by atoms with Crippen LogP contribution in [0, 0.1) is 6.92 Å². The van der Waals surface area contributed by atoms with Gasteiger partial charge in [-0.25, -0.2) is 4.68 Å². The van der Waals surface area contributed by atoms with Crippen LogP contribution in [0.5, 0.6) is 0 Å². The topological polar surface area (TPSA) is 76.5 Å². The fourth-order valence-electron chi connectivity index (χ4n) is 3.05. The number of nitrogens with one attached hydrogen (secondary N) is 1. The molecule has 1 N–H and O–H groups in total. The van der Waals surface area contributed by atoms with Crippen LogP contribution in [0.3, 0.4) is 0 Å². The summed E-state index contributed by atoms with van der Waals surface area (Å²) >= 11 is 1.72. The van der Waals surface area contributed by atoms with Gasteiger partial charge in [0, 0.05) is 22.9 Å². The third-order valence-electron chi connectivity index (χ3n) is 4.62. The van der Waals surface area contributed by atoms with E-state index in [1.165, 1.54) is 22.3 Å². The molecule has 0 unspecified atom stereocenters. The normalized spacial score (nSPS) is 11.5. The van der Waals surface area contributed by atoms with Gasteiger partial charge in [-0.2, -0.15) is 0 Å². The maximum Gasteiger partial charge on any atom is 0.311 e. The van der Waals surface area contributed by atoms with Crippen LogP contribution in [-0.4, -0.2) is 40.9 Å². The highest BCUT2D eigenvalue weighted by atomic mass is 32.2. The van der Waals surface area contributed by atoms with Crippen LogP contribution < -0.4 is 5.56 Å². The lowest BCUT2D eigenvalue weighted by molar-refractivity contribution is -0.139. The molecule has 3 rings (SSSR count). The Bertz CT molecular complexity index is 1080. The van der Waals surface area contributed by atoms with Gasteiger partial charge in [-0.15, -0.1) is 11.8 Å². The molecule has 1 aromatic heterocycles. The minimum atomic E-state index is -0.416. The maximum absolute atomic E-state index is 13.1. The number of aryl methyl sites for hydroxylation is 1. The molecule has 6 nitrogen and oxygen atoms in total. The van der Waals surface area contributed by atoms with Gasteiger partial charge in [0.05, 0.1) is 30.5 Å². The second-order valence-corrected chi connectivity index (χ2v) is 7.99. The molecule has 0 bridgehead atoms. The fourth-order valence-corrected chi connectivity index (χ4v) is 3.80. The van der Waals surface area contributed by atoms with E-state index in [-0.39, 0.29) is 12.0 Å². The van der Waals surface area contributed by atoms with E-state index < -0.39 is 5.97 Å². The van der Waals surface area contributed by atoms with Crippen molar-refractivity contribution in [3.8, 4) is 5.69 Å². The quantitative estimate of drug-likeness (QED) is 0.259. The second kappa shape index (κ2) is 10.1. The van der Waals surface area contributed by atoms with Gasteiger partial charge in [0.2, 0.25) is 0 Å². The first-order valence-electron chi connectivity index (χ1n) is 9.66. The number of para-hydroxylation sites is 1. The van der Waals surface area contributed by atoms with Crippen molar-refractivity contribution >= 4 is 23.4 Å². The van der Waals surface area contributed by atoms with Crippen LogP contribution in [0.15, 0.2) is 69.3 Å². The molecule has 7 heteroatoms. The number of aromatic amines is 1. The van der Waals surface area contributed by atoms with Crippen molar-refractivity contribution in [1.82, 2.24) is 9.78 Å². The van der Waals surface area contributed by atoms with E-state index in [1.807, 2.05) is 30.3 Å². The number of aliphatic imine (C=N–C) groups is 1. The van der Waals surface area contributed by atoms with Crippen molar-refractivity contribution in [2.75, 3.05) is 19.4 Å². The molecule has 1 heterocycles. The van der Waals surface area contributed by atoms with Crippen LogP contribution in [0.1, 0.15) is 23.7 Å². The van der Waals surface area contributed by atoms with Crippen molar-refractivity contribution in [3.63, 3.8) is 0 Å². The summed E-state index contributed by atoms with van der Waals surface area (Å²) in [4.78, 5) is 30.7. The van der Waals surface area contributed by atoms with Gasteiger partial charge in [0.1, 0.15) is 0 Å². The number of benzene rings is 2. The molecule has 0 spiro atoms. The van der Waals surface area contributed by atoms with Gasteiger partial charge in [-0.3, -0.25) is 19.7 Å². The second-order valence-electron chi connectivity index (χ2n) is 6.82. The molecule has 30 heavy (non-hydrogen) atoms. The van der Waals surface area contributed by atoms with Crippen molar-refractivity contribution in [2.24, 2.45) is 4.99 Å². The number of carbonyl (C=O) groups is 1. The van der Waals surface area contributed by atoms with Gasteiger partial charge in [-0.05, 0) is 38.1 Å². The first-order chi connectivity index (χ1) is 14.5. The maximum atomic E-state index is 13.1. The first kappa shape index (κ1) is 21.6. The molecule has 3 aromatic rings. The summed E-state index contributed by atoms with van der Waals surface area (Å²) in [5.41, 5.74) is 3.23. The summed E-state index contributed by atoms with van der Waals surface area (Å²) < 4.78 is 6.22. The molecule has 0 saturated heterocycles. The number of rotatable bonds is 8. The summed E-state index contributed by atoms with van der Waals surface area (Å²) in [5, 5.41) is 3.05. The van der Waals surface area contributed by atoms with Crippen LogP contribution in [0.4, 0.5) is 0 Å². The summed E-state index contributed by atoms with van der Waals surface area (Å²) in [6, 6.07) is 17.6. The third-order valence-corrected chi connectivity index (χ3v) is 5.61. The predicted octanol–water partition coefficient (Wildman–Crippen LogP) is 3.79. The Morgan fingerprint density at radius 3 is 2.50 bits per heavy atom. The van der Waals surface area contributed by atoms with Gasteiger partial charge >= 0.3 is 5.97 Å². The molecule has 0 fully saturated rings. The lowest BCUT2D eigenvalue weighted by atomic mass is 10.1. The standard InChI is InChI=1S/C23H25N3O3S/c1-16-9-11-19(12-10-16)30-14-13-24-17(2)22-20(15-21(27)29-3)25-26(23(22)28)18-7-5-4-6-8-18/h4-12,25H,13-15H2,1-3H3. The first-order valence-corrected chi connectivity index (χ1v) is 10.6. The molecule has 0 aliphatic heterocycles. The van der Waals surface area contributed by atoms with E-state index in [0.717, 1.165) is 5.75 Å². The average molecular weight is 424 g/mol. The zero-order valence-corrected chi connectivity index (χ0v) is 18.2. The lowest BCUT2D eigenvalue weighted by Gasteiger charge is -2.03. The average Bonchev–Trinajstić information content (AvgIpc) is 3.08. The number of nitrogens with zero attached hydrogens (tertiary/aromatic N) is 2. The highest BCUT2D eigenvalue weighted by Gasteiger charge is 2.20. The van der Waals surface area contributed by atoms with Gasteiger partial charge in [-0.1, -0.05) is 35.9 Å². The summed E-state index contributed by atoms with van der Waals surface area (Å²) in [6.45, 7) is 4.43. The monoisotopic (exact) mass is 423 g/mol. The van der Waals surface area contributed by atoms with Crippen LogP contribution in [0.2, 0.25) is 0 Å². The number of aromatic nitrogens is 2. The highest BCUT2D eigenvalue weighted by molar-refractivity contribution is 7.99. The number of esters is 1. The van der Waals surface area contributed by atoms with E-state index in [1.54, 1.807) is 18.7 Å². The molecule has 0 saturated carbocycles. The van der Waals surface area contributed by atoms with Crippen LogP contribution in [-0.2, 0) is 16.0 Å². The van der Waals surface area contributed by atoms with E-state index >= 15 is 0 Å². The lowest BCUT2D eigenvalue weighted by Crippen LogP contribution is -2.20. The Morgan fingerprint density at radius 1 is 1.13 bits per heavy atom. The Labute approximate surface area is 180 Å². The van der Waals surface area contributed by atoms with Crippen LogP contribution in [0.25, 0.3) is 5.69 Å². The van der Waals surface area contributed by atoms with Crippen molar-refractivity contribution in [1.29, 1.82) is 0 Å². The van der Waals surface area contributed by atoms with Gasteiger partial charge in [0.25, 0.3) is 5.56 Å². The molecule has 0 atom stereocenters. The third kappa shape index (κ3) is 5.30. The van der Waals surface area contributed by atoms with E-state index in [4.69, 9.17) is 4.74 Å². The summed E-state index contributed by atoms with van der Waals surface area (Å²) in [5.74, 6) is 0.379. The van der Waals surface area contributed by atoms with Gasteiger partial charge in [0.15, 0.2) is 0 Å². The van der Waals surface area contributed by atoms with Crippen molar-refractivity contribution in [3.05, 3.63) is 81.8 Å². The summed E-state index contributed by atoms with van der Waals surface area (Å²) in [6.07, 6.45) is -0.0219. The predicted molar refractivity (Wildman–Crippen MR) is 121 cm³/mol. The van der Waals surface area contributed by atoms with Crippen molar-refractivity contribution in [2.45, 2.75) is 25.2 Å². The minimum absolute atomic E-state index is 0.0219. The number of hydrogen-bond acceptors (Lipinski definition) is 5. The van der Waals surface area contributed by atoms with E-state index in [2.05, 4.69) is 41.3 Å². The molecule has 0 amide bonds. The number of methoxy groups -OCH3 is 1. The van der Waals surface area contributed by atoms with Gasteiger partial charge < -0.3 is 4.74 Å². The van der Waals surface area contributed by atoms with Crippen LogP contribution >= 0.6 is 11.8 Å². The molecule has 156 valence electrons. The molecule has 0 aliphatic rings. The Balaban J connectivity index is 1.81. The number of thioether (sulfide) groups is 1. The van der Waals surface area contributed by atoms with E-state index in [9.17, 15) is 9.59 Å². The molecule has 2 aromatic carbocycles. The Morgan fingerprint density at radius 2 is 1.83 bits per heavy atom. The molecular weight excluding hydrogens is 398 g/mol. The minimum Gasteiger partial charge on any atom is -0.469 e. The Kier molecular flexibility index (Phi) is 7.30. The molecule has 0 radical (unpaired) electrons. The fraction of sp³-hybridized carbons (Fsp3) is 0.261. The Hall–Kier alpha value is -3.06. The molecular formula is C23H25N3O3S. The summed E-state index contributed by atoms with van der Waals surface area (Å²) in [7, 11) is 1.33.